The van der Waals surface area contributed by atoms with Crippen molar-refractivity contribution >= 4 is 10.8 Å². The fourth-order valence-electron chi connectivity index (χ4n) is 6.63. The largest absolute Gasteiger partial charge is 0.497 e. The Morgan fingerprint density at radius 2 is 1.12 bits per heavy atom. The molecular formula is C45H54O5. The predicted octanol–water partition coefficient (Wildman–Crippen LogP) is 10.9. The van der Waals surface area contributed by atoms with Crippen LogP contribution in [-0.4, -0.2) is 38.1 Å². The third-order valence-corrected chi connectivity index (χ3v) is 9.37. The van der Waals surface area contributed by atoms with Crippen molar-refractivity contribution in [2.45, 2.75) is 82.8 Å². The number of benzene rings is 5. The molecule has 264 valence electrons. The Balaban J connectivity index is 1.25. The van der Waals surface area contributed by atoms with E-state index in [4.69, 9.17) is 18.9 Å². The molecule has 0 amide bonds. The third-order valence-electron chi connectivity index (χ3n) is 9.37. The Morgan fingerprint density at radius 1 is 0.560 bits per heavy atom. The minimum absolute atomic E-state index is 0.0399. The first-order valence-corrected chi connectivity index (χ1v) is 18.5. The minimum Gasteiger partial charge on any atom is -0.497 e. The van der Waals surface area contributed by atoms with Crippen LogP contribution in [0.15, 0.2) is 121 Å². The first-order chi connectivity index (χ1) is 24.7. The Bertz CT molecular complexity index is 1630. The summed E-state index contributed by atoms with van der Waals surface area (Å²) >= 11 is 0. The van der Waals surface area contributed by atoms with Gasteiger partial charge in [0.25, 0.3) is 0 Å². The van der Waals surface area contributed by atoms with Crippen molar-refractivity contribution in [2.75, 3.05) is 26.9 Å². The molecule has 0 heterocycles. The summed E-state index contributed by atoms with van der Waals surface area (Å²) in [4.78, 5) is 0. The zero-order chi connectivity index (χ0) is 34.9. The van der Waals surface area contributed by atoms with Crippen LogP contribution in [0.3, 0.4) is 0 Å². The Kier molecular flexibility index (Phi) is 14.6. The molecule has 0 saturated heterocycles. The molecule has 0 aliphatic carbocycles. The smallest absolute Gasteiger partial charge is 0.168 e. The average Bonchev–Trinajstić information content (AvgIpc) is 3.17. The molecule has 0 aliphatic heterocycles. The van der Waals surface area contributed by atoms with Gasteiger partial charge in [0, 0.05) is 5.39 Å². The summed E-state index contributed by atoms with van der Waals surface area (Å²) in [7, 11) is 1.66. The van der Waals surface area contributed by atoms with Crippen LogP contribution in [-0.2, 0) is 10.3 Å². The molecule has 1 N–H and O–H groups in total. The van der Waals surface area contributed by atoms with Crippen molar-refractivity contribution in [3.63, 3.8) is 0 Å². The maximum Gasteiger partial charge on any atom is 0.168 e. The highest BCUT2D eigenvalue weighted by Gasteiger charge is 2.38. The molecule has 5 nitrogen and oxygen atoms in total. The molecule has 0 bridgehead atoms. The molecule has 1 atom stereocenters. The SMILES string of the molecule is CCCCCCCCCCCCOc1c(OCC(O)COC(c2ccccc2)(c2ccccc2)c2ccc(OC)cc2)ccc2ccccc12. The molecule has 0 saturated carbocycles. The van der Waals surface area contributed by atoms with E-state index in [9.17, 15) is 5.11 Å². The number of rotatable bonds is 22. The summed E-state index contributed by atoms with van der Waals surface area (Å²) in [5.41, 5.74) is 1.88. The quantitative estimate of drug-likeness (QED) is 0.0585. The van der Waals surface area contributed by atoms with Crippen molar-refractivity contribution < 1.29 is 24.1 Å². The van der Waals surface area contributed by atoms with Crippen molar-refractivity contribution in [1.82, 2.24) is 0 Å². The van der Waals surface area contributed by atoms with E-state index in [1.54, 1.807) is 7.11 Å². The van der Waals surface area contributed by atoms with E-state index in [0.717, 1.165) is 51.8 Å². The van der Waals surface area contributed by atoms with E-state index in [0.29, 0.717) is 12.4 Å². The lowest BCUT2D eigenvalue weighted by Crippen LogP contribution is -2.37. The molecule has 1 unspecified atom stereocenters. The zero-order valence-electron chi connectivity index (χ0n) is 29.9. The number of fused-ring (bicyclic) bond motifs is 1. The van der Waals surface area contributed by atoms with Crippen molar-refractivity contribution in [3.05, 3.63) is 138 Å². The first kappa shape index (κ1) is 36.9. The van der Waals surface area contributed by atoms with Gasteiger partial charge in [-0.3, -0.25) is 0 Å². The lowest BCUT2D eigenvalue weighted by atomic mass is 9.80. The van der Waals surface area contributed by atoms with Gasteiger partial charge in [-0.15, -0.1) is 0 Å². The van der Waals surface area contributed by atoms with Crippen LogP contribution in [0, 0.1) is 0 Å². The zero-order valence-corrected chi connectivity index (χ0v) is 29.9. The van der Waals surface area contributed by atoms with Gasteiger partial charge >= 0.3 is 0 Å². The molecule has 5 rings (SSSR count). The molecule has 5 heteroatoms. The number of hydrogen-bond acceptors (Lipinski definition) is 5. The van der Waals surface area contributed by atoms with E-state index in [2.05, 4.69) is 43.3 Å². The van der Waals surface area contributed by atoms with Gasteiger partial charge in [-0.25, -0.2) is 0 Å². The average molecular weight is 675 g/mol. The molecule has 5 aromatic carbocycles. The second kappa shape index (κ2) is 19.8. The van der Waals surface area contributed by atoms with Gasteiger partial charge < -0.3 is 24.1 Å². The number of unbranched alkanes of at least 4 members (excludes halogenated alkanes) is 9. The van der Waals surface area contributed by atoms with Gasteiger partial charge in [-0.2, -0.15) is 0 Å². The molecular weight excluding hydrogens is 620 g/mol. The second-order valence-electron chi connectivity index (χ2n) is 13.1. The maximum absolute atomic E-state index is 11.4. The number of ether oxygens (including phenoxy) is 4. The monoisotopic (exact) mass is 674 g/mol. The summed E-state index contributed by atoms with van der Waals surface area (Å²) < 4.78 is 25.0. The van der Waals surface area contributed by atoms with Crippen LogP contribution < -0.4 is 14.2 Å². The second-order valence-corrected chi connectivity index (χ2v) is 13.1. The Morgan fingerprint density at radius 3 is 1.74 bits per heavy atom. The van der Waals surface area contributed by atoms with Gasteiger partial charge in [-0.05, 0) is 46.7 Å². The maximum atomic E-state index is 11.4. The highest BCUT2D eigenvalue weighted by atomic mass is 16.5. The molecule has 0 fully saturated rings. The van der Waals surface area contributed by atoms with E-state index in [1.165, 1.54) is 51.4 Å². The highest BCUT2D eigenvalue weighted by molar-refractivity contribution is 5.90. The van der Waals surface area contributed by atoms with Gasteiger partial charge in [0.2, 0.25) is 0 Å². The van der Waals surface area contributed by atoms with Crippen LogP contribution in [0.4, 0.5) is 0 Å². The van der Waals surface area contributed by atoms with E-state index < -0.39 is 11.7 Å². The number of hydrogen-bond donors (Lipinski definition) is 1. The summed E-state index contributed by atoms with van der Waals surface area (Å²) in [5.74, 6) is 2.12. The van der Waals surface area contributed by atoms with E-state index in [-0.39, 0.29) is 13.2 Å². The third kappa shape index (κ3) is 9.89. The normalized spacial score (nSPS) is 12.1. The first-order valence-electron chi connectivity index (χ1n) is 18.5. The van der Waals surface area contributed by atoms with Crippen molar-refractivity contribution in [3.8, 4) is 17.2 Å². The Hall–Kier alpha value is -4.32. The fraction of sp³-hybridized carbons (Fsp3) is 0.378. The van der Waals surface area contributed by atoms with Crippen LogP contribution in [0.25, 0.3) is 10.8 Å². The molecule has 5 aromatic rings. The topological polar surface area (TPSA) is 57.2 Å². The lowest BCUT2D eigenvalue weighted by Gasteiger charge is -2.36. The predicted molar refractivity (Wildman–Crippen MR) is 205 cm³/mol. The standard InChI is InChI=1S/C45H54O5/c1-3-4-5-6-7-8-9-10-11-20-33-48-44-42-26-19-18-21-36(42)27-32-43(44)49-34-40(46)35-50-45(37-22-14-12-15-23-37,38-24-16-13-17-25-38)39-28-30-41(47-2)31-29-39/h12-19,21-32,40,46H,3-11,20,33-35H2,1-2H3. The fourth-order valence-corrected chi connectivity index (χ4v) is 6.63. The van der Waals surface area contributed by atoms with Crippen LogP contribution >= 0.6 is 0 Å². The Labute approximate surface area is 299 Å². The molecule has 50 heavy (non-hydrogen) atoms. The summed E-state index contributed by atoms with van der Waals surface area (Å²) in [6, 6.07) is 40.4. The molecule has 0 aliphatic rings. The molecule has 0 radical (unpaired) electrons. The van der Waals surface area contributed by atoms with Gasteiger partial charge in [0.05, 0.1) is 20.3 Å². The van der Waals surface area contributed by atoms with Crippen molar-refractivity contribution in [2.24, 2.45) is 0 Å². The summed E-state index contributed by atoms with van der Waals surface area (Å²) in [6.45, 7) is 2.99. The number of methoxy groups -OCH3 is 1. The van der Waals surface area contributed by atoms with Gasteiger partial charge in [0.15, 0.2) is 11.5 Å². The van der Waals surface area contributed by atoms with Crippen LogP contribution in [0.2, 0.25) is 0 Å². The van der Waals surface area contributed by atoms with E-state index in [1.807, 2.05) is 84.9 Å². The highest BCUT2D eigenvalue weighted by Crippen LogP contribution is 2.41. The molecule has 0 aromatic heterocycles. The lowest BCUT2D eigenvalue weighted by molar-refractivity contribution is -0.0495. The summed E-state index contributed by atoms with van der Waals surface area (Å²) in [6.07, 6.45) is 11.9. The number of aliphatic hydroxyl groups excluding tert-OH is 1. The number of aliphatic hydroxyl groups is 1. The summed E-state index contributed by atoms with van der Waals surface area (Å²) in [5, 5.41) is 13.5. The minimum atomic E-state index is -0.970. The van der Waals surface area contributed by atoms with Crippen LogP contribution in [0.1, 0.15) is 87.8 Å². The van der Waals surface area contributed by atoms with Gasteiger partial charge in [-0.1, -0.05) is 168 Å². The van der Waals surface area contributed by atoms with E-state index >= 15 is 0 Å². The van der Waals surface area contributed by atoms with Crippen molar-refractivity contribution in [1.29, 1.82) is 0 Å². The van der Waals surface area contributed by atoms with Crippen LogP contribution in [0.5, 0.6) is 17.2 Å². The molecule has 0 spiro atoms. The van der Waals surface area contributed by atoms with Gasteiger partial charge in [0.1, 0.15) is 24.1 Å².